The zero-order valence-electron chi connectivity index (χ0n) is 11.1. The number of hydrogen-bond acceptors (Lipinski definition) is 2. The maximum absolute atomic E-state index is 5.42. The molecule has 1 N–H and O–H groups in total. The van der Waals surface area contributed by atoms with Gasteiger partial charge in [-0.05, 0) is 51.4 Å². The summed E-state index contributed by atoms with van der Waals surface area (Å²) in [7, 11) is 0. The van der Waals surface area contributed by atoms with Gasteiger partial charge in [-0.3, -0.25) is 0 Å². The third-order valence-corrected chi connectivity index (χ3v) is 2.69. The quantitative estimate of drug-likeness (QED) is 0.572. The molecule has 0 radical (unpaired) electrons. The fraction of sp³-hybridized carbons (Fsp3) is 0.467. The molecule has 1 rings (SSSR count). The van der Waals surface area contributed by atoms with Crippen LogP contribution in [0.15, 0.2) is 36.4 Å². The van der Waals surface area contributed by atoms with Crippen LogP contribution in [-0.4, -0.2) is 13.2 Å². The van der Waals surface area contributed by atoms with Gasteiger partial charge in [0.15, 0.2) is 0 Å². The summed E-state index contributed by atoms with van der Waals surface area (Å²) in [5, 5.41) is 3.49. The van der Waals surface area contributed by atoms with Crippen molar-refractivity contribution in [3.8, 4) is 5.75 Å². The van der Waals surface area contributed by atoms with Gasteiger partial charge in [-0.1, -0.05) is 24.3 Å². The van der Waals surface area contributed by atoms with Gasteiger partial charge < -0.3 is 10.1 Å². The molecule has 0 aliphatic carbocycles. The molecule has 0 aromatic heterocycles. The average Bonchev–Trinajstić information content (AvgIpc) is 2.36. The normalized spacial score (nSPS) is 12.9. The summed E-state index contributed by atoms with van der Waals surface area (Å²) in [6.45, 7) is 7.97. The van der Waals surface area contributed by atoms with Crippen LogP contribution in [0.1, 0.15) is 38.8 Å². The zero-order valence-corrected chi connectivity index (χ0v) is 11.1. The van der Waals surface area contributed by atoms with Crippen LogP contribution in [0, 0.1) is 0 Å². The van der Waals surface area contributed by atoms with Crippen LogP contribution in [0.3, 0.4) is 0 Å². The monoisotopic (exact) mass is 233 g/mol. The van der Waals surface area contributed by atoms with Gasteiger partial charge in [0.05, 0.1) is 6.61 Å². The smallest absolute Gasteiger partial charge is 0.119 e. The molecule has 0 fully saturated rings. The highest BCUT2D eigenvalue weighted by Gasteiger charge is 2.03. The van der Waals surface area contributed by atoms with Crippen molar-refractivity contribution in [3.63, 3.8) is 0 Å². The molecule has 2 nitrogen and oxygen atoms in total. The average molecular weight is 233 g/mol. The minimum atomic E-state index is 0.385. The molecule has 0 spiro atoms. The van der Waals surface area contributed by atoms with E-state index in [1.165, 1.54) is 5.56 Å². The molecule has 0 saturated heterocycles. The van der Waals surface area contributed by atoms with Crippen LogP contribution in [0.25, 0.3) is 0 Å². The number of ether oxygens (including phenoxy) is 1. The Morgan fingerprint density at radius 2 is 2.00 bits per heavy atom. The molecule has 0 saturated carbocycles. The van der Waals surface area contributed by atoms with E-state index in [9.17, 15) is 0 Å². The van der Waals surface area contributed by atoms with Crippen molar-refractivity contribution < 1.29 is 4.74 Å². The Labute approximate surface area is 105 Å². The summed E-state index contributed by atoms with van der Waals surface area (Å²) < 4.78 is 5.42. The maximum atomic E-state index is 5.42. The topological polar surface area (TPSA) is 21.3 Å². The van der Waals surface area contributed by atoms with Crippen LogP contribution >= 0.6 is 0 Å². The Morgan fingerprint density at radius 3 is 2.59 bits per heavy atom. The van der Waals surface area contributed by atoms with Crippen LogP contribution in [-0.2, 0) is 0 Å². The molecule has 0 amide bonds. The second kappa shape index (κ2) is 7.91. The molecule has 1 aromatic carbocycles. The van der Waals surface area contributed by atoms with E-state index < -0.39 is 0 Å². The maximum Gasteiger partial charge on any atom is 0.119 e. The second-order valence-electron chi connectivity index (χ2n) is 4.04. The standard InChI is InChI=1S/C15H23NO/c1-4-6-7-12-16-13(3)14-8-10-15(11-9-14)17-5-2/h4,6,8-11,13,16H,5,7,12H2,1-3H3/b6-4+. The highest BCUT2D eigenvalue weighted by molar-refractivity contribution is 5.28. The Kier molecular flexibility index (Phi) is 6.41. The molecule has 2 heteroatoms. The van der Waals surface area contributed by atoms with Crippen molar-refractivity contribution in [2.24, 2.45) is 0 Å². The van der Waals surface area contributed by atoms with Gasteiger partial charge in [0, 0.05) is 6.04 Å². The first-order chi connectivity index (χ1) is 8.27. The van der Waals surface area contributed by atoms with E-state index in [2.05, 4.69) is 43.4 Å². The van der Waals surface area contributed by atoms with E-state index >= 15 is 0 Å². The Bertz CT molecular complexity index is 329. The number of allylic oxidation sites excluding steroid dienone is 1. The van der Waals surface area contributed by atoms with Gasteiger partial charge in [-0.25, -0.2) is 0 Å². The summed E-state index contributed by atoms with van der Waals surface area (Å²) in [6, 6.07) is 8.69. The van der Waals surface area contributed by atoms with Crippen molar-refractivity contribution in [2.75, 3.05) is 13.2 Å². The summed E-state index contributed by atoms with van der Waals surface area (Å²) in [5.74, 6) is 0.942. The molecule has 0 aliphatic heterocycles. The molecule has 1 unspecified atom stereocenters. The van der Waals surface area contributed by atoms with E-state index in [4.69, 9.17) is 4.74 Å². The summed E-state index contributed by atoms with van der Waals surface area (Å²) >= 11 is 0. The first-order valence-corrected chi connectivity index (χ1v) is 6.35. The van der Waals surface area contributed by atoms with E-state index in [1.807, 2.05) is 19.1 Å². The summed E-state index contributed by atoms with van der Waals surface area (Å²) in [4.78, 5) is 0. The fourth-order valence-electron chi connectivity index (χ4n) is 1.69. The molecule has 94 valence electrons. The predicted octanol–water partition coefficient (Wildman–Crippen LogP) is 3.70. The van der Waals surface area contributed by atoms with E-state index in [1.54, 1.807) is 0 Å². The van der Waals surface area contributed by atoms with Gasteiger partial charge in [-0.15, -0.1) is 0 Å². The Morgan fingerprint density at radius 1 is 1.29 bits per heavy atom. The van der Waals surface area contributed by atoms with Gasteiger partial charge in [0.2, 0.25) is 0 Å². The molecule has 0 aliphatic rings. The Hall–Kier alpha value is -1.28. The van der Waals surface area contributed by atoms with Crippen LogP contribution in [0.5, 0.6) is 5.75 Å². The number of hydrogen-bond donors (Lipinski definition) is 1. The third kappa shape index (κ3) is 5.05. The van der Waals surface area contributed by atoms with Crippen LogP contribution in [0.4, 0.5) is 0 Å². The van der Waals surface area contributed by atoms with Gasteiger partial charge in [0.1, 0.15) is 5.75 Å². The SMILES string of the molecule is C/C=C/CCNC(C)c1ccc(OCC)cc1. The second-order valence-corrected chi connectivity index (χ2v) is 4.04. The summed E-state index contributed by atoms with van der Waals surface area (Å²) in [5.41, 5.74) is 1.30. The van der Waals surface area contributed by atoms with Gasteiger partial charge in [0.25, 0.3) is 0 Å². The van der Waals surface area contributed by atoms with Gasteiger partial charge in [-0.2, -0.15) is 0 Å². The predicted molar refractivity (Wildman–Crippen MR) is 73.5 cm³/mol. The number of nitrogens with one attached hydrogen (secondary N) is 1. The highest BCUT2D eigenvalue weighted by atomic mass is 16.5. The first kappa shape index (κ1) is 13.8. The molecule has 0 heterocycles. The molecule has 17 heavy (non-hydrogen) atoms. The highest BCUT2D eigenvalue weighted by Crippen LogP contribution is 2.17. The lowest BCUT2D eigenvalue weighted by molar-refractivity contribution is 0.340. The van der Waals surface area contributed by atoms with E-state index in [-0.39, 0.29) is 0 Å². The molecule has 1 atom stereocenters. The van der Waals surface area contributed by atoms with Crippen molar-refractivity contribution in [2.45, 2.75) is 33.2 Å². The minimum absolute atomic E-state index is 0.385. The lowest BCUT2D eigenvalue weighted by Crippen LogP contribution is -2.19. The Balaban J connectivity index is 2.42. The molecule has 1 aromatic rings. The van der Waals surface area contributed by atoms with Crippen molar-refractivity contribution >= 4 is 0 Å². The third-order valence-electron chi connectivity index (χ3n) is 2.69. The lowest BCUT2D eigenvalue weighted by Gasteiger charge is -2.14. The van der Waals surface area contributed by atoms with E-state index in [0.717, 1.165) is 25.3 Å². The van der Waals surface area contributed by atoms with E-state index in [0.29, 0.717) is 6.04 Å². The number of rotatable bonds is 7. The molecular weight excluding hydrogens is 210 g/mol. The molecular formula is C15H23NO. The summed E-state index contributed by atoms with van der Waals surface area (Å²) in [6.07, 6.45) is 5.35. The van der Waals surface area contributed by atoms with Crippen molar-refractivity contribution in [1.82, 2.24) is 5.32 Å². The van der Waals surface area contributed by atoms with Crippen molar-refractivity contribution in [3.05, 3.63) is 42.0 Å². The zero-order chi connectivity index (χ0) is 12.5. The molecule has 0 bridgehead atoms. The largest absolute Gasteiger partial charge is 0.494 e. The number of benzene rings is 1. The fourth-order valence-corrected chi connectivity index (χ4v) is 1.69. The lowest BCUT2D eigenvalue weighted by atomic mass is 10.1. The first-order valence-electron chi connectivity index (χ1n) is 6.35. The minimum Gasteiger partial charge on any atom is -0.494 e. The van der Waals surface area contributed by atoms with Crippen LogP contribution < -0.4 is 10.1 Å². The van der Waals surface area contributed by atoms with Gasteiger partial charge >= 0.3 is 0 Å². The van der Waals surface area contributed by atoms with Crippen molar-refractivity contribution in [1.29, 1.82) is 0 Å². The van der Waals surface area contributed by atoms with Crippen LogP contribution in [0.2, 0.25) is 0 Å².